The molecule has 2 N–H and O–H groups in total. The Morgan fingerprint density at radius 1 is 1.37 bits per heavy atom. The van der Waals surface area contributed by atoms with Crippen LogP contribution in [0.4, 0.5) is 5.69 Å². The summed E-state index contributed by atoms with van der Waals surface area (Å²) in [7, 11) is 1.63. The second kappa shape index (κ2) is 5.84. The predicted octanol–water partition coefficient (Wildman–Crippen LogP) is 1.49. The zero-order valence-electron chi connectivity index (χ0n) is 11.7. The standard InChI is InChI=1S/C14H20N2O3/c1-10(17)15-12-7-5-6-11(8-12)13(18)16(4)9-14(2,3)19/h5-8,19H,9H2,1-4H3,(H,15,17). The van der Waals surface area contributed by atoms with Crippen molar-refractivity contribution in [3.63, 3.8) is 0 Å². The van der Waals surface area contributed by atoms with Crippen LogP contribution in [0.1, 0.15) is 31.1 Å². The molecule has 5 nitrogen and oxygen atoms in total. The fourth-order valence-electron chi connectivity index (χ4n) is 1.81. The van der Waals surface area contributed by atoms with Crippen molar-refractivity contribution >= 4 is 17.5 Å². The van der Waals surface area contributed by atoms with E-state index < -0.39 is 5.60 Å². The molecule has 5 heteroatoms. The highest BCUT2D eigenvalue weighted by Crippen LogP contribution is 2.13. The summed E-state index contributed by atoms with van der Waals surface area (Å²) in [5.41, 5.74) is 0.104. The van der Waals surface area contributed by atoms with Crippen LogP contribution in [0, 0.1) is 0 Å². The first kappa shape index (κ1) is 15.2. The molecule has 1 aromatic rings. The van der Waals surface area contributed by atoms with Crippen molar-refractivity contribution in [2.75, 3.05) is 18.9 Å². The van der Waals surface area contributed by atoms with Crippen molar-refractivity contribution in [1.29, 1.82) is 0 Å². The average molecular weight is 264 g/mol. The number of amides is 2. The van der Waals surface area contributed by atoms with Gasteiger partial charge in [-0.2, -0.15) is 0 Å². The highest BCUT2D eigenvalue weighted by atomic mass is 16.3. The van der Waals surface area contributed by atoms with Crippen LogP contribution in [0.25, 0.3) is 0 Å². The van der Waals surface area contributed by atoms with Crippen LogP contribution >= 0.6 is 0 Å². The van der Waals surface area contributed by atoms with Crippen molar-refractivity contribution in [3.05, 3.63) is 29.8 Å². The molecule has 0 fully saturated rings. The molecular weight excluding hydrogens is 244 g/mol. The maximum absolute atomic E-state index is 12.2. The molecule has 104 valence electrons. The Morgan fingerprint density at radius 2 is 2.00 bits per heavy atom. The molecule has 0 saturated carbocycles. The molecule has 0 aliphatic heterocycles. The maximum Gasteiger partial charge on any atom is 0.253 e. The number of nitrogens with zero attached hydrogens (tertiary/aromatic N) is 1. The van der Waals surface area contributed by atoms with Gasteiger partial charge >= 0.3 is 0 Å². The first-order chi connectivity index (χ1) is 8.69. The lowest BCUT2D eigenvalue weighted by atomic mass is 10.1. The number of anilines is 1. The average Bonchev–Trinajstić information content (AvgIpc) is 2.25. The van der Waals surface area contributed by atoms with E-state index in [1.165, 1.54) is 11.8 Å². The highest BCUT2D eigenvalue weighted by Gasteiger charge is 2.20. The van der Waals surface area contributed by atoms with Gasteiger partial charge in [0.2, 0.25) is 5.91 Å². The van der Waals surface area contributed by atoms with Gasteiger partial charge in [-0.05, 0) is 32.0 Å². The monoisotopic (exact) mass is 264 g/mol. The molecule has 0 aliphatic carbocycles. The molecule has 0 atom stereocenters. The van der Waals surface area contributed by atoms with E-state index in [4.69, 9.17) is 0 Å². The summed E-state index contributed by atoms with van der Waals surface area (Å²) in [6.45, 7) is 4.93. The van der Waals surface area contributed by atoms with Crippen molar-refractivity contribution in [3.8, 4) is 0 Å². The zero-order chi connectivity index (χ0) is 14.6. The lowest BCUT2D eigenvalue weighted by molar-refractivity contribution is -0.114. The van der Waals surface area contributed by atoms with Crippen LogP contribution in [0.2, 0.25) is 0 Å². The van der Waals surface area contributed by atoms with Gasteiger partial charge in [0.1, 0.15) is 0 Å². The van der Waals surface area contributed by atoms with Crippen LogP contribution in [0.3, 0.4) is 0 Å². The van der Waals surface area contributed by atoms with E-state index in [2.05, 4.69) is 5.32 Å². The molecule has 0 aliphatic rings. The van der Waals surface area contributed by atoms with Crippen LogP contribution in [-0.4, -0.2) is 41.0 Å². The van der Waals surface area contributed by atoms with E-state index in [9.17, 15) is 14.7 Å². The predicted molar refractivity (Wildman–Crippen MR) is 74.0 cm³/mol. The third-order valence-electron chi connectivity index (χ3n) is 2.40. The van der Waals surface area contributed by atoms with Crippen LogP contribution < -0.4 is 5.32 Å². The second-order valence-electron chi connectivity index (χ2n) is 5.24. The van der Waals surface area contributed by atoms with Gasteiger partial charge in [-0.3, -0.25) is 9.59 Å². The Balaban J connectivity index is 2.85. The van der Waals surface area contributed by atoms with E-state index in [1.807, 2.05) is 0 Å². The number of nitrogens with one attached hydrogen (secondary N) is 1. The fourth-order valence-corrected chi connectivity index (χ4v) is 1.81. The summed E-state index contributed by atoms with van der Waals surface area (Å²) in [5.74, 6) is -0.385. The van der Waals surface area contributed by atoms with E-state index in [0.29, 0.717) is 11.3 Å². The molecule has 0 saturated heterocycles. The van der Waals surface area contributed by atoms with Gasteiger partial charge in [0, 0.05) is 31.8 Å². The summed E-state index contributed by atoms with van der Waals surface area (Å²) in [4.78, 5) is 24.6. The van der Waals surface area contributed by atoms with Gasteiger partial charge in [-0.25, -0.2) is 0 Å². The van der Waals surface area contributed by atoms with E-state index in [0.717, 1.165) is 0 Å². The number of hydrogen-bond acceptors (Lipinski definition) is 3. The summed E-state index contributed by atoms with van der Waals surface area (Å²) in [6, 6.07) is 6.71. The number of benzene rings is 1. The van der Waals surface area contributed by atoms with Crippen molar-refractivity contribution in [2.24, 2.45) is 0 Å². The summed E-state index contributed by atoms with van der Waals surface area (Å²) in [5, 5.41) is 12.3. The smallest absolute Gasteiger partial charge is 0.253 e. The molecular formula is C14H20N2O3. The highest BCUT2D eigenvalue weighted by molar-refractivity contribution is 5.96. The number of likely N-dealkylation sites (N-methyl/N-ethyl adjacent to an activating group) is 1. The number of aliphatic hydroxyl groups is 1. The van der Waals surface area contributed by atoms with Gasteiger partial charge < -0.3 is 15.3 Å². The Bertz CT molecular complexity index is 478. The van der Waals surface area contributed by atoms with Crippen LogP contribution in [0.15, 0.2) is 24.3 Å². The van der Waals surface area contributed by atoms with Crippen molar-refractivity contribution in [1.82, 2.24) is 4.90 Å². The fraction of sp³-hybridized carbons (Fsp3) is 0.429. The Morgan fingerprint density at radius 3 is 2.53 bits per heavy atom. The van der Waals surface area contributed by atoms with Crippen LogP contribution in [-0.2, 0) is 4.79 Å². The molecule has 1 aromatic carbocycles. The molecule has 19 heavy (non-hydrogen) atoms. The lowest BCUT2D eigenvalue weighted by Gasteiger charge is -2.25. The lowest BCUT2D eigenvalue weighted by Crippen LogP contribution is -2.39. The topological polar surface area (TPSA) is 69.6 Å². The number of carbonyl (C=O) groups is 2. The van der Waals surface area contributed by atoms with Gasteiger partial charge in [0.15, 0.2) is 0 Å². The van der Waals surface area contributed by atoms with E-state index in [1.54, 1.807) is 45.2 Å². The largest absolute Gasteiger partial charge is 0.389 e. The minimum atomic E-state index is -0.945. The number of hydrogen-bond donors (Lipinski definition) is 2. The minimum Gasteiger partial charge on any atom is -0.389 e. The molecule has 2 amide bonds. The molecule has 1 rings (SSSR count). The van der Waals surface area contributed by atoms with Gasteiger partial charge in [-0.1, -0.05) is 6.07 Å². The van der Waals surface area contributed by atoms with Gasteiger partial charge in [0.25, 0.3) is 5.91 Å². The number of rotatable bonds is 4. The molecule has 0 unspecified atom stereocenters. The normalized spacial score (nSPS) is 11.0. The first-order valence-electron chi connectivity index (χ1n) is 6.04. The molecule has 0 aromatic heterocycles. The Labute approximate surface area is 113 Å². The van der Waals surface area contributed by atoms with Crippen molar-refractivity contribution < 1.29 is 14.7 Å². The summed E-state index contributed by atoms with van der Waals surface area (Å²) < 4.78 is 0. The SMILES string of the molecule is CC(=O)Nc1cccc(C(=O)N(C)CC(C)(C)O)c1. The van der Waals surface area contributed by atoms with E-state index in [-0.39, 0.29) is 18.4 Å². The third kappa shape index (κ3) is 5.09. The van der Waals surface area contributed by atoms with Crippen LogP contribution in [0.5, 0.6) is 0 Å². The summed E-state index contributed by atoms with van der Waals surface area (Å²) >= 11 is 0. The Hall–Kier alpha value is -1.88. The van der Waals surface area contributed by atoms with Crippen molar-refractivity contribution in [2.45, 2.75) is 26.4 Å². The van der Waals surface area contributed by atoms with E-state index >= 15 is 0 Å². The van der Waals surface area contributed by atoms with Gasteiger partial charge in [0.05, 0.1) is 5.60 Å². The Kier molecular flexibility index (Phi) is 4.67. The summed E-state index contributed by atoms with van der Waals surface area (Å²) in [6.07, 6.45) is 0. The first-order valence-corrected chi connectivity index (χ1v) is 6.04. The zero-order valence-corrected chi connectivity index (χ0v) is 11.7. The molecule has 0 spiro atoms. The second-order valence-corrected chi connectivity index (χ2v) is 5.24. The maximum atomic E-state index is 12.2. The molecule has 0 radical (unpaired) electrons. The molecule has 0 heterocycles. The quantitative estimate of drug-likeness (QED) is 0.865. The van der Waals surface area contributed by atoms with Gasteiger partial charge in [-0.15, -0.1) is 0 Å². The third-order valence-corrected chi connectivity index (χ3v) is 2.40. The number of carbonyl (C=O) groups excluding carboxylic acids is 2. The molecule has 0 bridgehead atoms. The minimum absolute atomic E-state index is 0.186.